The number of piperidine rings is 1. The standard InChI is InChI=1S/C17H23N5O/c1-11-12(2)19-16(21-17(11)23)13-4-5-15(18-10-13)20-14-6-8-22(3)9-7-14/h4-5,10,14H,6-9H2,1-3H3,(H,18,20)(H,19,21,23). The number of likely N-dealkylation sites (tertiary alicyclic amines) is 1. The first kappa shape index (κ1) is 15.7. The molecular formula is C17H23N5O. The van der Waals surface area contributed by atoms with Gasteiger partial charge < -0.3 is 15.2 Å². The summed E-state index contributed by atoms with van der Waals surface area (Å²) < 4.78 is 0. The van der Waals surface area contributed by atoms with E-state index in [2.05, 4.69) is 32.2 Å². The van der Waals surface area contributed by atoms with Crippen LogP contribution < -0.4 is 10.9 Å². The maximum absolute atomic E-state index is 11.9. The van der Waals surface area contributed by atoms with Crippen LogP contribution in [0.1, 0.15) is 24.1 Å². The van der Waals surface area contributed by atoms with E-state index in [1.807, 2.05) is 19.1 Å². The number of aromatic amines is 1. The van der Waals surface area contributed by atoms with Gasteiger partial charge >= 0.3 is 0 Å². The second kappa shape index (κ2) is 6.50. The maximum Gasteiger partial charge on any atom is 0.254 e. The lowest BCUT2D eigenvalue weighted by Gasteiger charge is -2.29. The van der Waals surface area contributed by atoms with Crippen molar-refractivity contribution in [3.63, 3.8) is 0 Å². The lowest BCUT2D eigenvalue weighted by molar-refractivity contribution is 0.263. The Kier molecular flexibility index (Phi) is 4.43. The van der Waals surface area contributed by atoms with Crippen LogP contribution in [0.15, 0.2) is 23.1 Å². The zero-order valence-electron chi connectivity index (χ0n) is 13.9. The molecule has 0 saturated carbocycles. The molecule has 0 unspecified atom stereocenters. The molecule has 122 valence electrons. The van der Waals surface area contributed by atoms with E-state index >= 15 is 0 Å². The molecule has 1 aliphatic rings. The number of H-pyrrole nitrogens is 1. The Morgan fingerprint density at radius 3 is 2.61 bits per heavy atom. The molecular weight excluding hydrogens is 290 g/mol. The van der Waals surface area contributed by atoms with Crippen molar-refractivity contribution in [2.45, 2.75) is 32.7 Å². The van der Waals surface area contributed by atoms with E-state index in [4.69, 9.17) is 0 Å². The van der Waals surface area contributed by atoms with E-state index in [9.17, 15) is 4.79 Å². The minimum atomic E-state index is -0.0963. The van der Waals surface area contributed by atoms with Crippen molar-refractivity contribution < 1.29 is 0 Å². The summed E-state index contributed by atoms with van der Waals surface area (Å²) in [6.07, 6.45) is 4.02. The molecule has 3 rings (SSSR count). The Labute approximate surface area is 136 Å². The highest BCUT2D eigenvalue weighted by Crippen LogP contribution is 2.18. The van der Waals surface area contributed by atoms with E-state index < -0.39 is 0 Å². The van der Waals surface area contributed by atoms with E-state index in [-0.39, 0.29) is 5.56 Å². The smallest absolute Gasteiger partial charge is 0.254 e. The fraction of sp³-hybridized carbons (Fsp3) is 0.471. The number of aromatic nitrogens is 3. The van der Waals surface area contributed by atoms with Crippen molar-refractivity contribution in [1.82, 2.24) is 19.9 Å². The Hall–Kier alpha value is -2.21. The Morgan fingerprint density at radius 2 is 2.00 bits per heavy atom. The van der Waals surface area contributed by atoms with Gasteiger partial charge in [-0.25, -0.2) is 9.97 Å². The van der Waals surface area contributed by atoms with Gasteiger partial charge in [0.2, 0.25) is 0 Å². The normalized spacial score (nSPS) is 16.5. The van der Waals surface area contributed by atoms with Gasteiger partial charge in [-0.2, -0.15) is 0 Å². The predicted molar refractivity (Wildman–Crippen MR) is 91.7 cm³/mol. The maximum atomic E-state index is 11.9. The van der Waals surface area contributed by atoms with Crippen LogP contribution in [0, 0.1) is 13.8 Å². The van der Waals surface area contributed by atoms with Crippen LogP contribution >= 0.6 is 0 Å². The summed E-state index contributed by atoms with van der Waals surface area (Å²) in [6, 6.07) is 4.37. The third-order valence-corrected chi connectivity index (χ3v) is 4.50. The third-order valence-electron chi connectivity index (χ3n) is 4.50. The number of hydrogen-bond acceptors (Lipinski definition) is 5. The average Bonchev–Trinajstić information content (AvgIpc) is 2.55. The minimum absolute atomic E-state index is 0.0963. The predicted octanol–water partition coefficient (Wildman–Crippen LogP) is 1.95. The molecule has 6 nitrogen and oxygen atoms in total. The van der Waals surface area contributed by atoms with Crippen molar-refractivity contribution in [2.75, 3.05) is 25.5 Å². The summed E-state index contributed by atoms with van der Waals surface area (Å²) in [5.74, 6) is 1.44. The molecule has 0 amide bonds. The van der Waals surface area contributed by atoms with Gasteiger partial charge in [0.25, 0.3) is 5.56 Å². The largest absolute Gasteiger partial charge is 0.367 e. The van der Waals surface area contributed by atoms with Crippen LogP contribution in [0.25, 0.3) is 11.4 Å². The summed E-state index contributed by atoms with van der Waals surface area (Å²) >= 11 is 0. The molecule has 2 N–H and O–H groups in total. The summed E-state index contributed by atoms with van der Waals surface area (Å²) in [4.78, 5) is 25.9. The Balaban J connectivity index is 1.73. The van der Waals surface area contributed by atoms with Gasteiger partial charge in [0.15, 0.2) is 0 Å². The monoisotopic (exact) mass is 313 g/mol. The van der Waals surface area contributed by atoms with Gasteiger partial charge in [0.1, 0.15) is 11.6 Å². The average molecular weight is 313 g/mol. The number of nitrogens with one attached hydrogen (secondary N) is 2. The van der Waals surface area contributed by atoms with Gasteiger partial charge in [-0.3, -0.25) is 4.79 Å². The molecule has 0 aromatic carbocycles. The van der Waals surface area contributed by atoms with E-state index in [1.54, 1.807) is 13.1 Å². The molecule has 0 bridgehead atoms. The van der Waals surface area contributed by atoms with Crippen molar-refractivity contribution in [1.29, 1.82) is 0 Å². The van der Waals surface area contributed by atoms with Crippen molar-refractivity contribution >= 4 is 5.82 Å². The molecule has 1 aliphatic heterocycles. The van der Waals surface area contributed by atoms with Crippen molar-refractivity contribution in [3.05, 3.63) is 39.9 Å². The fourth-order valence-corrected chi connectivity index (χ4v) is 2.76. The lowest BCUT2D eigenvalue weighted by Crippen LogP contribution is -2.36. The molecule has 0 radical (unpaired) electrons. The lowest BCUT2D eigenvalue weighted by atomic mass is 10.1. The highest BCUT2D eigenvalue weighted by Gasteiger charge is 2.16. The molecule has 6 heteroatoms. The van der Waals surface area contributed by atoms with E-state index in [0.29, 0.717) is 17.4 Å². The topological polar surface area (TPSA) is 73.9 Å². The van der Waals surface area contributed by atoms with Crippen LogP contribution in [-0.2, 0) is 0 Å². The van der Waals surface area contributed by atoms with Gasteiger partial charge in [-0.1, -0.05) is 0 Å². The van der Waals surface area contributed by atoms with Crippen LogP contribution in [0.2, 0.25) is 0 Å². The molecule has 23 heavy (non-hydrogen) atoms. The second-order valence-corrected chi connectivity index (χ2v) is 6.28. The third kappa shape index (κ3) is 3.59. The van der Waals surface area contributed by atoms with Gasteiger partial charge in [-0.05, 0) is 59.0 Å². The van der Waals surface area contributed by atoms with Gasteiger partial charge in [-0.15, -0.1) is 0 Å². The number of aryl methyl sites for hydroxylation is 1. The fourth-order valence-electron chi connectivity index (χ4n) is 2.76. The van der Waals surface area contributed by atoms with Crippen LogP contribution in [0.3, 0.4) is 0 Å². The first-order valence-electron chi connectivity index (χ1n) is 8.02. The number of rotatable bonds is 3. The molecule has 0 spiro atoms. The molecule has 1 saturated heterocycles. The van der Waals surface area contributed by atoms with E-state index in [1.165, 1.54) is 0 Å². The molecule has 2 aromatic heterocycles. The zero-order valence-corrected chi connectivity index (χ0v) is 13.9. The van der Waals surface area contributed by atoms with Crippen molar-refractivity contribution in [3.8, 4) is 11.4 Å². The van der Waals surface area contributed by atoms with Crippen LogP contribution in [0.5, 0.6) is 0 Å². The van der Waals surface area contributed by atoms with Gasteiger partial charge in [0.05, 0.1) is 0 Å². The molecule has 0 atom stereocenters. The first-order valence-corrected chi connectivity index (χ1v) is 8.02. The quantitative estimate of drug-likeness (QED) is 0.906. The molecule has 0 aliphatic carbocycles. The minimum Gasteiger partial charge on any atom is -0.367 e. The first-order chi connectivity index (χ1) is 11.0. The molecule has 2 aromatic rings. The zero-order chi connectivity index (χ0) is 16.4. The van der Waals surface area contributed by atoms with Crippen LogP contribution in [0.4, 0.5) is 5.82 Å². The number of anilines is 1. The van der Waals surface area contributed by atoms with Gasteiger partial charge in [0, 0.05) is 29.1 Å². The summed E-state index contributed by atoms with van der Waals surface area (Å²) in [6.45, 7) is 5.85. The summed E-state index contributed by atoms with van der Waals surface area (Å²) in [5, 5.41) is 3.48. The summed E-state index contributed by atoms with van der Waals surface area (Å²) in [7, 11) is 2.15. The Morgan fingerprint density at radius 1 is 1.26 bits per heavy atom. The highest BCUT2D eigenvalue weighted by molar-refractivity contribution is 5.56. The highest BCUT2D eigenvalue weighted by atomic mass is 16.1. The SMILES string of the molecule is Cc1nc(-c2ccc(NC3CCN(C)CC3)nc2)[nH]c(=O)c1C. The molecule has 1 fully saturated rings. The van der Waals surface area contributed by atoms with Crippen LogP contribution in [-0.4, -0.2) is 46.0 Å². The second-order valence-electron chi connectivity index (χ2n) is 6.28. The Bertz CT molecular complexity index is 730. The number of hydrogen-bond donors (Lipinski definition) is 2. The summed E-state index contributed by atoms with van der Waals surface area (Å²) in [5.41, 5.74) is 2.12. The van der Waals surface area contributed by atoms with E-state index in [0.717, 1.165) is 43.0 Å². The number of pyridine rings is 1. The number of nitrogens with zero attached hydrogens (tertiary/aromatic N) is 3. The molecule has 3 heterocycles. The van der Waals surface area contributed by atoms with Crippen molar-refractivity contribution in [2.24, 2.45) is 0 Å².